The fraction of sp³-hybridized carbons (Fsp3) is 0.250. The van der Waals surface area contributed by atoms with Crippen molar-refractivity contribution < 1.29 is 4.79 Å². The van der Waals surface area contributed by atoms with Crippen LogP contribution in [-0.2, 0) is 6.54 Å². The normalized spacial score (nSPS) is 10.5. The zero-order valence-corrected chi connectivity index (χ0v) is 12.0. The quantitative estimate of drug-likeness (QED) is 0.948. The minimum atomic E-state index is -0.277. The number of H-pyrrole nitrogens is 1. The molecule has 0 aliphatic carbocycles. The van der Waals surface area contributed by atoms with E-state index in [1.807, 2.05) is 6.07 Å². The molecule has 0 unspecified atom stereocenters. The average molecular weight is 299 g/mol. The molecule has 7 heteroatoms. The summed E-state index contributed by atoms with van der Waals surface area (Å²) in [5.41, 5.74) is 0.775. The van der Waals surface area contributed by atoms with E-state index < -0.39 is 0 Å². The first-order valence-corrected chi connectivity index (χ1v) is 6.32. The molecule has 0 saturated carbocycles. The first-order valence-electron chi connectivity index (χ1n) is 5.56. The lowest BCUT2D eigenvalue weighted by atomic mass is 10.2. The molecule has 0 aliphatic heterocycles. The van der Waals surface area contributed by atoms with Crippen LogP contribution >= 0.6 is 23.2 Å². The van der Waals surface area contributed by atoms with Gasteiger partial charge in [0.2, 0.25) is 5.82 Å². The summed E-state index contributed by atoms with van der Waals surface area (Å²) < 4.78 is 0. The van der Waals surface area contributed by atoms with Gasteiger partial charge in [-0.3, -0.25) is 9.89 Å². The summed E-state index contributed by atoms with van der Waals surface area (Å²) in [5, 5.41) is 7.39. The van der Waals surface area contributed by atoms with Gasteiger partial charge < -0.3 is 4.90 Å². The number of halogens is 2. The Morgan fingerprint density at radius 1 is 1.42 bits per heavy atom. The van der Waals surface area contributed by atoms with Crippen LogP contribution < -0.4 is 0 Å². The molecular formula is C12H12Cl2N4O. The van der Waals surface area contributed by atoms with Crippen LogP contribution in [0.25, 0.3) is 0 Å². The van der Waals surface area contributed by atoms with E-state index in [9.17, 15) is 4.79 Å². The van der Waals surface area contributed by atoms with Crippen LogP contribution in [0.4, 0.5) is 0 Å². The van der Waals surface area contributed by atoms with E-state index in [1.54, 1.807) is 26.1 Å². The summed E-state index contributed by atoms with van der Waals surface area (Å²) in [6.45, 7) is 2.07. The third kappa shape index (κ3) is 3.05. The maximum Gasteiger partial charge on any atom is 0.293 e. The Balaban J connectivity index is 2.15. The second-order valence-corrected chi connectivity index (χ2v) is 4.90. The molecule has 0 aliphatic rings. The van der Waals surface area contributed by atoms with Crippen molar-refractivity contribution in [2.75, 3.05) is 7.05 Å². The van der Waals surface area contributed by atoms with Crippen molar-refractivity contribution in [3.05, 3.63) is 45.5 Å². The number of hydrogen-bond acceptors (Lipinski definition) is 3. The molecule has 5 nitrogen and oxygen atoms in total. The molecule has 1 aromatic carbocycles. The van der Waals surface area contributed by atoms with E-state index in [0.717, 1.165) is 5.56 Å². The highest BCUT2D eigenvalue weighted by Gasteiger charge is 2.17. The minimum absolute atomic E-state index is 0.137. The highest BCUT2D eigenvalue weighted by molar-refractivity contribution is 6.42. The second-order valence-electron chi connectivity index (χ2n) is 4.12. The minimum Gasteiger partial charge on any atom is -0.335 e. The number of benzene rings is 1. The summed E-state index contributed by atoms with van der Waals surface area (Å²) in [6, 6.07) is 5.31. The smallest absolute Gasteiger partial charge is 0.293 e. The number of nitrogens with zero attached hydrogens (tertiary/aromatic N) is 3. The fourth-order valence-electron chi connectivity index (χ4n) is 1.61. The van der Waals surface area contributed by atoms with Crippen molar-refractivity contribution in [1.29, 1.82) is 0 Å². The maximum atomic E-state index is 12.1. The first-order chi connectivity index (χ1) is 8.99. The third-order valence-corrected chi connectivity index (χ3v) is 3.43. The van der Waals surface area contributed by atoms with Crippen molar-refractivity contribution in [2.45, 2.75) is 13.5 Å². The molecule has 2 aromatic rings. The van der Waals surface area contributed by atoms with Crippen LogP contribution in [0.2, 0.25) is 10.0 Å². The van der Waals surface area contributed by atoms with Gasteiger partial charge in [0.15, 0.2) is 0 Å². The highest BCUT2D eigenvalue weighted by Crippen LogP contribution is 2.26. The van der Waals surface area contributed by atoms with Gasteiger partial charge in [0.1, 0.15) is 5.82 Å². The molecule has 100 valence electrons. The van der Waals surface area contributed by atoms with Crippen LogP contribution in [0.3, 0.4) is 0 Å². The van der Waals surface area contributed by atoms with Gasteiger partial charge in [-0.05, 0) is 18.6 Å². The Morgan fingerprint density at radius 2 is 2.16 bits per heavy atom. The zero-order valence-electron chi connectivity index (χ0n) is 10.4. The molecule has 19 heavy (non-hydrogen) atoms. The van der Waals surface area contributed by atoms with Gasteiger partial charge in [-0.15, -0.1) is 5.10 Å². The molecule has 2 rings (SSSR count). The molecule has 1 amide bonds. The van der Waals surface area contributed by atoms with E-state index in [0.29, 0.717) is 22.4 Å². The van der Waals surface area contributed by atoms with Crippen LogP contribution in [0.15, 0.2) is 18.2 Å². The number of amides is 1. The molecule has 1 heterocycles. The average Bonchev–Trinajstić information content (AvgIpc) is 2.80. The van der Waals surface area contributed by atoms with E-state index in [2.05, 4.69) is 15.2 Å². The molecule has 1 N–H and O–H groups in total. The van der Waals surface area contributed by atoms with E-state index >= 15 is 0 Å². The number of aromatic amines is 1. The first kappa shape index (κ1) is 13.8. The van der Waals surface area contributed by atoms with Crippen LogP contribution in [0.1, 0.15) is 22.0 Å². The van der Waals surface area contributed by atoms with Crippen LogP contribution in [0, 0.1) is 6.92 Å². The van der Waals surface area contributed by atoms with Gasteiger partial charge in [-0.25, -0.2) is 4.98 Å². The lowest BCUT2D eigenvalue weighted by molar-refractivity contribution is 0.0773. The van der Waals surface area contributed by atoms with Crippen molar-refractivity contribution in [3.8, 4) is 0 Å². The van der Waals surface area contributed by atoms with Crippen molar-refractivity contribution in [3.63, 3.8) is 0 Å². The number of hydrogen-bond donors (Lipinski definition) is 1. The summed E-state index contributed by atoms with van der Waals surface area (Å²) in [7, 11) is 1.66. The van der Waals surface area contributed by atoms with E-state index in [-0.39, 0.29) is 11.7 Å². The van der Waals surface area contributed by atoms with Gasteiger partial charge in [0.25, 0.3) is 5.91 Å². The van der Waals surface area contributed by atoms with Gasteiger partial charge in [0.05, 0.1) is 10.0 Å². The maximum absolute atomic E-state index is 12.1. The Labute approximate surface area is 120 Å². The monoisotopic (exact) mass is 298 g/mol. The van der Waals surface area contributed by atoms with Crippen LogP contribution in [0.5, 0.6) is 0 Å². The number of nitrogens with one attached hydrogen (secondary N) is 1. The van der Waals surface area contributed by atoms with E-state index in [1.165, 1.54) is 4.90 Å². The lowest BCUT2D eigenvalue weighted by Gasteiger charge is -2.16. The SMILES string of the molecule is Cc1nc(C(=O)N(C)Cc2cccc(Cl)c2Cl)n[nH]1. The topological polar surface area (TPSA) is 61.9 Å². The standard InChI is InChI=1S/C12H12Cl2N4O/c1-7-15-11(17-16-7)12(19)18(2)6-8-4-3-5-9(13)10(8)14/h3-5H,6H2,1-2H3,(H,15,16,17). The number of aryl methyl sites for hydroxylation is 1. The van der Waals surface area contributed by atoms with Gasteiger partial charge in [-0.2, -0.15) is 0 Å². The molecule has 0 fully saturated rings. The van der Waals surface area contributed by atoms with Crippen molar-refractivity contribution in [1.82, 2.24) is 20.1 Å². The van der Waals surface area contributed by atoms with Gasteiger partial charge in [-0.1, -0.05) is 35.3 Å². The summed E-state index contributed by atoms with van der Waals surface area (Å²) in [4.78, 5) is 17.5. The number of carbonyl (C=O) groups excluding carboxylic acids is 1. The Hall–Kier alpha value is -1.59. The summed E-state index contributed by atoms with van der Waals surface area (Å²) in [6.07, 6.45) is 0. The highest BCUT2D eigenvalue weighted by atomic mass is 35.5. The zero-order chi connectivity index (χ0) is 14.0. The number of aromatic nitrogens is 3. The Kier molecular flexibility index (Phi) is 4.07. The predicted octanol–water partition coefficient (Wildman–Crippen LogP) is 2.69. The largest absolute Gasteiger partial charge is 0.335 e. The van der Waals surface area contributed by atoms with Gasteiger partial charge >= 0.3 is 0 Å². The van der Waals surface area contributed by atoms with Crippen molar-refractivity contribution >= 4 is 29.1 Å². The molecule has 0 spiro atoms. The number of rotatable bonds is 3. The molecule has 0 radical (unpaired) electrons. The third-order valence-electron chi connectivity index (χ3n) is 2.57. The van der Waals surface area contributed by atoms with E-state index in [4.69, 9.17) is 23.2 Å². The molecule has 0 atom stereocenters. The molecular weight excluding hydrogens is 287 g/mol. The summed E-state index contributed by atoms with van der Waals surface area (Å²) in [5.74, 6) is 0.455. The fourth-order valence-corrected chi connectivity index (χ4v) is 1.99. The Morgan fingerprint density at radius 3 is 2.79 bits per heavy atom. The Bertz CT molecular complexity index is 612. The molecule has 0 saturated heterocycles. The van der Waals surface area contributed by atoms with Gasteiger partial charge in [0, 0.05) is 13.6 Å². The lowest BCUT2D eigenvalue weighted by Crippen LogP contribution is -2.27. The molecule has 1 aromatic heterocycles. The summed E-state index contributed by atoms with van der Waals surface area (Å²) >= 11 is 12.0. The predicted molar refractivity (Wildman–Crippen MR) is 73.4 cm³/mol. The second kappa shape index (κ2) is 5.59. The number of carbonyl (C=O) groups is 1. The van der Waals surface area contributed by atoms with Crippen LogP contribution in [-0.4, -0.2) is 33.0 Å². The van der Waals surface area contributed by atoms with Crippen molar-refractivity contribution in [2.24, 2.45) is 0 Å². The molecule has 0 bridgehead atoms.